The zero-order valence-corrected chi connectivity index (χ0v) is 14.2. The summed E-state index contributed by atoms with van der Waals surface area (Å²) in [7, 11) is -1.67. The second-order valence-electron chi connectivity index (χ2n) is 4.72. The normalized spacial score (nSPS) is 20.6. The number of methoxy groups -OCH3 is 1. The van der Waals surface area contributed by atoms with Crippen LogP contribution in [0.4, 0.5) is 0 Å². The standard InChI is InChI=1S/C18H21N3O3S/c1-13-16(19-9-8-17(13)24-11-5-10-23-2)12-25(22)18-20-14-6-3-4-7-15(14)21-18/h3-4,6-9H,5,10-12H2,1-2H3,(H,20,21)/i5D2,8D,9D,10D2,11D2,12D2. The molecule has 1 N–H and O–H groups in total. The van der Waals surface area contributed by atoms with Gasteiger partial charge in [0.15, 0.2) is 5.16 Å². The number of nitrogens with one attached hydrogen (secondary N) is 1. The van der Waals surface area contributed by atoms with Crippen molar-refractivity contribution in [3.8, 4) is 5.75 Å². The molecule has 0 saturated heterocycles. The van der Waals surface area contributed by atoms with Crippen LogP contribution in [0, 0.1) is 6.92 Å². The summed E-state index contributed by atoms with van der Waals surface area (Å²) in [5, 5.41) is -0.221. The minimum Gasteiger partial charge on any atom is -0.493 e. The predicted molar refractivity (Wildman–Crippen MR) is 97.2 cm³/mol. The Kier molecular flexibility index (Phi) is 2.93. The number of H-pyrrole nitrogens is 1. The van der Waals surface area contributed by atoms with Crippen molar-refractivity contribution >= 4 is 21.8 Å². The number of aromatic amines is 1. The van der Waals surface area contributed by atoms with Crippen molar-refractivity contribution < 1.29 is 27.4 Å². The SMILES string of the molecule is [2H]c1nc(C([2H])([2H])S(=O)c2nc3ccccc3[nH]2)c(C)c(OC([2H])([2H])C([2H])([2H])C([2H])([2H])OC)c1[2H]. The smallest absolute Gasteiger partial charge is 0.197 e. The second kappa shape index (κ2) is 8.22. The quantitative estimate of drug-likeness (QED) is 0.660. The van der Waals surface area contributed by atoms with Gasteiger partial charge in [0.25, 0.3) is 0 Å². The van der Waals surface area contributed by atoms with Crippen LogP contribution in [0.2, 0.25) is 0 Å². The van der Waals surface area contributed by atoms with Crippen molar-refractivity contribution in [1.29, 1.82) is 0 Å². The van der Waals surface area contributed by atoms with Crippen LogP contribution >= 0.6 is 0 Å². The van der Waals surface area contributed by atoms with Crippen LogP contribution in [0.5, 0.6) is 5.75 Å². The fraction of sp³-hybridized carbons (Fsp3) is 0.333. The van der Waals surface area contributed by atoms with Crippen molar-refractivity contribution in [3.63, 3.8) is 0 Å². The first-order chi connectivity index (χ1) is 16.0. The first-order valence-electron chi connectivity index (χ1n) is 12.1. The van der Waals surface area contributed by atoms with Gasteiger partial charge in [-0.2, -0.15) is 0 Å². The number of pyridine rings is 1. The van der Waals surface area contributed by atoms with E-state index < -0.39 is 59.7 Å². The molecule has 0 amide bonds. The molecule has 7 heteroatoms. The molecule has 0 aliphatic carbocycles. The van der Waals surface area contributed by atoms with Gasteiger partial charge in [-0.15, -0.1) is 0 Å². The Morgan fingerprint density at radius 3 is 3.00 bits per heavy atom. The molecule has 0 fully saturated rings. The molecule has 6 nitrogen and oxygen atoms in total. The van der Waals surface area contributed by atoms with Crippen LogP contribution < -0.4 is 4.74 Å². The van der Waals surface area contributed by atoms with Gasteiger partial charge in [-0.1, -0.05) is 12.1 Å². The van der Waals surface area contributed by atoms with Crippen molar-refractivity contribution in [2.24, 2.45) is 0 Å². The Balaban J connectivity index is 2.10. The lowest BCUT2D eigenvalue weighted by Crippen LogP contribution is -2.06. The van der Waals surface area contributed by atoms with E-state index in [9.17, 15) is 4.21 Å². The van der Waals surface area contributed by atoms with E-state index >= 15 is 0 Å². The average Bonchev–Trinajstić information content (AvgIpc) is 3.22. The highest BCUT2D eigenvalue weighted by Crippen LogP contribution is 2.22. The van der Waals surface area contributed by atoms with Crippen LogP contribution in [-0.2, 0) is 21.2 Å². The van der Waals surface area contributed by atoms with E-state index in [1.165, 1.54) is 6.92 Å². The molecule has 132 valence electrons. The van der Waals surface area contributed by atoms with Gasteiger partial charge in [-0.25, -0.2) is 4.98 Å². The van der Waals surface area contributed by atoms with Crippen molar-refractivity contribution in [1.82, 2.24) is 15.0 Å². The lowest BCUT2D eigenvalue weighted by atomic mass is 10.2. The largest absolute Gasteiger partial charge is 0.493 e. The Morgan fingerprint density at radius 2 is 2.20 bits per heavy atom. The average molecular weight is 370 g/mol. The molecular weight excluding hydrogens is 338 g/mol. The monoisotopic (exact) mass is 369 g/mol. The Morgan fingerprint density at radius 1 is 1.36 bits per heavy atom. The molecule has 25 heavy (non-hydrogen) atoms. The molecule has 2 heterocycles. The first kappa shape index (κ1) is 8.91. The summed E-state index contributed by atoms with van der Waals surface area (Å²) in [4.78, 5) is 10.6. The minimum atomic E-state index is -3.44. The first-order valence-corrected chi connectivity index (χ1v) is 8.22. The number of hydrogen-bond donors (Lipinski definition) is 1. The molecule has 0 bridgehead atoms. The zero-order valence-electron chi connectivity index (χ0n) is 23.3. The number of hydrogen-bond acceptors (Lipinski definition) is 5. The number of imidazole rings is 1. The van der Waals surface area contributed by atoms with Gasteiger partial charge < -0.3 is 14.5 Å². The third kappa shape index (κ3) is 4.24. The Hall–Kier alpha value is -2.25. The van der Waals surface area contributed by atoms with Crippen LogP contribution in [0.25, 0.3) is 11.0 Å². The second-order valence-corrected chi connectivity index (χ2v) is 5.84. The maximum atomic E-state index is 13.2. The number of aromatic nitrogens is 3. The van der Waals surface area contributed by atoms with E-state index in [1.807, 2.05) is 0 Å². The summed E-state index contributed by atoms with van der Waals surface area (Å²) in [5.74, 6) is -0.758. The topological polar surface area (TPSA) is 77.1 Å². The lowest BCUT2D eigenvalue weighted by Gasteiger charge is -2.11. The van der Waals surface area contributed by atoms with Gasteiger partial charge in [-0.3, -0.25) is 9.19 Å². The maximum absolute atomic E-state index is 13.2. The predicted octanol–water partition coefficient (Wildman–Crippen LogP) is 2.99. The summed E-state index contributed by atoms with van der Waals surface area (Å²) in [6.45, 7) is -5.41. The summed E-state index contributed by atoms with van der Waals surface area (Å²) >= 11 is 0. The van der Waals surface area contributed by atoms with Crippen molar-refractivity contribution in [2.75, 3.05) is 20.2 Å². The number of ether oxygens (including phenoxy) is 2. The van der Waals surface area contributed by atoms with Gasteiger partial charge >= 0.3 is 0 Å². The highest BCUT2D eigenvalue weighted by molar-refractivity contribution is 7.84. The zero-order chi connectivity index (χ0) is 26.6. The lowest BCUT2D eigenvalue weighted by molar-refractivity contribution is 0.172. The van der Waals surface area contributed by atoms with Crippen LogP contribution in [0.15, 0.2) is 41.6 Å². The Labute approximate surface area is 163 Å². The number of para-hydroxylation sites is 2. The van der Waals surface area contributed by atoms with Crippen molar-refractivity contribution in [2.45, 2.75) is 24.2 Å². The van der Waals surface area contributed by atoms with Gasteiger partial charge in [0.1, 0.15) is 5.75 Å². The molecule has 1 atom stereocenters. The molecule has 3 rings (SSSR count). The molecule has 0 aliphatic rings. The molecule has 0 saturated carbocycles. The minimum absolute atomic E-state index is 0.221. The van der Waals surface area contributed by atoms with Gasteiger partial charge in [0, 0.05) is 37.3 Å². The van der Waals surface area contributed by atoms with Gasteiger partial charge in [-0.05, 0) is 25.1 Å². The van der Waals surface area contributed by atoms with E-state index in [4.69, 9.17) is 18.4 Å². The van der Waals surface area contributed by atoms with E-state index in [1.54, 1.807) is 24.3 Å². The third-order valence-electron chi connectivity index (χ3n) is 3.12. The van der Waals surface area contributed by atoms with Gasteiger partial charge in [0.05, 0.1) is 48.0 Å². The van der Waals surface area contributed by atoms with Crippen LogP contribution in [-0.4, -0.2) is 39.4 Å². The maximum Gasteiger partial charge on any atom is 0.197 e. The van der Waals surface area contributed by atoms with Crippen LogP contribution in [0.1, 0.15) is 31.3 Å². The number of benzene rings is 1. The molecule has 2 aromatic heterocycles. The summed E-state index contributed by atoms with van der Waals surface area (Å²) in [6.07, 6.45) is -4.26. The van der Waals surface area contributed by atoms with E-state index in [0.717, 1.165) is 7.11 Å². The van der Waals surface area contributed by atoms with E-state index in [0.29, 0.717) is 11.0 Å². The summed E-state index contributed by atoms with van der Waals surface area (Å²) in [5.41, 5.74) is -2.79. The molecule has 1 aromatic carbocycles. The number of rotatable bonds is 8. The molecule has 0 spiro atoms. The van der Waals surface area contributed by atoms with E-state index in [2.05, 4.69) is 19.7 Å². The fourth-order valence-corrected chi connectivity index (χ4v) is 2.78. The number of nitrogens with zero attached hydrogens (tertiary/aromatic N) is 2. The Bertz CT molecular complexity index is 1270. The molecule has 0 radical (unpaired) electrons. The highest BCUT2D eigenvalue weighted by Gasteiger charge is 2.14. The summed E-state index contributed by atoms with van der Waals surface area (Å²) in [6, 6.07) is 5.88. The van der Waals surface area contributed by atoms with Gasteiger partial charge in [0.2, 0.25) is 0 Å². The van der Waals surface area contributed by atoms with Crippen LogP contribution in [0.3, 0.4) is 0 Å². The van der Waals surface area contributed by atoms with Crippen molar-refractivity contribution in [3.05, 3.63) is 47.7 Å². The molecule has 1 unspecified atom stereocenters. The molecule has 0 aliphatic heterocycles. The fourth-order valence-electron chi connectivity index (χ4n) is 1.92. The highest BCUT2D eigenvalue weighted by atomic mass is 32.2. The summed E-state index contributed by atoms with van der Waals surface area (Å²) < 4.78 is 103. The van der Waals surface area contributed by atoms with E-state index in [-0.39, 0.29) is 10.7 Å². The molecule has 3 aromatic rings. The molecular formula is C18H21N3O3S. The number of fused-ring (bicyclic) bond motifs is 1. The third-order valence-corrected chi connectivity index (χ3v) is 4.05.